The summed E-state index contributed by atoms with van der Waals surface area (Å²) in [7, 11) is 0. The van der Waals surface area contributed by atoms with E-state index in [0.29, 0.717) is 18.9 Å². The van der Waals surface area contributed by atoms with Crippen molar-refractivity contribution in [1.29, 1.82) is 0 Å². The summed E-state index contributed by atoms with van der Waals surface area (Å²) in [6, 6.07) is -0.683. The van der Waals surface area contributed by atoms with Crippen molar-refractivity contribution in [2.24, 2.45) is 17.3 Å². The van der Waals surface area contributed by atoms with Gasteiger partial charge in [0, 0.05) is 18.4 Å². The fraction of sp³-hybridized carbons (Fsp3) is 0.857. The van der Waals surface area contributed by atoms with E-state index >= 15 is 0 Å². The lowest BCUT2D eigenvalue weighted by atomic mass is 9.82. The lowest BCUT2D eigenvalue weighted by Gasteiger charge is -2.31. The second-order valence-electron chi connectivity index (χ2n) is 9.25. The molecule has 1 rings (SSSR count). The third kappa shape index (κ3) is 7.32. The fourth-order valence-electron chi connectivity index (χ4n) is 3.37. The number of amides is 3. The number of hydrogen-bond donors (Lipinski definition) is 3. The van der Waals surface area contributed by atoms with Gasteiger partial charge in [0.2, 0.25) is 11.8 Å². The molecule has 28 heavy (non-hydrogen) atoms. The standard InChI is InChI=1S/C21H39N3O4/c1-8-9-10-22-18(25)17(14(4)5)24-19(26)21(6,7)12-16-15(11-13(2)3)23-20(27)28-16/h13-17H,8-12H2,1-7H3,(H,22,25)(H,23,27)(H,24,26)/t15?,16-,17-/m0/s1. The molecule has 162 valence electrons. The first-order valence-corrected chi connectivity index (χ1v) is 10.5. The van der Waals surface area contributed by atoms with Gasteiger partial charge in [-0.3, -0.25) is 9.59 Å². The highest BCUT2D eigenvalue weighted by Gasteiger charge is 2.41. The van der Waals surface area contributed by atoms with Gasteiger partial charge in [-0.2, -0.15) is 0 Å². The summed E-state index contributed by atoms with van der Waals surface area (Å²) in [4.78, 5) is 37.1. The zero-order chi connectivity index (χ0) is 21.5. The number of alkyl carbamates (subject to hydrolysis) is 1. The van der Waals surface area contributed by atoms with E-state index in [1.165, 1.54) is 0 Å². The molecule has 3 amide bonds. The van der Waals surface area contributed by atoms with Crippen molar-refractivity contribution in [3.05, 3.63) is 0 Å². The van der Waals surface area contributed by atoms with E-state index in [4.69, 9.17) is 4.74 Å². The Kier molecular flexibility index (Phi) is 9.24. The molecule has 0 saturated carbocycles. The SMILES string of the molecule is CCCCNC(=O)[C@@H](NC(=O)C(C)(C)C[C@@H]1OC(=O)NC1CC(C)C)C(C)C. The van der Waals surface area contributed by atoms with Crippen LogP contribution in [0.25, 0.3) is 0 Å². The average Bonchev–Trinajstić information content (AvgIpc) is 2.89. The lowest BCUT2D eigenvalue weighted by molar-refractivity contribution is -0.136. The molecular formula is C21H39N3O4. The first-order chi connectivity index (χ1) is 13.0. The van der Waals surface area contributed by atoms with E-state index in [9.17, 15) is 14.4 Å². The van der Waals surface area contributed by atoms with Crippen LogP contribution in [0.1, 0.15) is 74.1 Å². The van der Waals surface area contributed by atoms with Gasteiger partial charge in [0.05, 0.1) is 6.04 Å². The normalized spacial score (nSPS) is 20.7. The fourth-order valence-corrected chi connectivity index (χ4v) is 3.37. The Morgan fingerprint density at radius 2 is 1.86 bits per heavy atom. The van der Waals surface area contributed by atoms with E-state index in [2.05, 4.69) is 36.7 Å². The van der Waals surface area contributed by atoms with Crippen molar-refractivity contribution in [1.82, 2.24) is 16.0 Å². The van der Waals surface area contributed by atoms with Crippen LogP contribution in [0.2, 0.25) is 0 Å². The number of ether oxygens (including phenoxy) is 1. The van der Waals surface area contributed by atoms with Gasteiger partial charge in [0.1, 0.15) is 12.1 Å². The molecule has 1 aliphatic rings. The molecule has 3 atom stereocenters. The van der Waals surface area contributed by atoms with Gasteiger partial charge in [0.25, 0.3) is 0 Å². The zero-order valence-electron chi connectivity index (χ0n) is 18.6. The van der Waals surface area contributed by atoms with E-state index in [0.717, 1.165) is 19.3 Å². The van der Waals surface area contributed by atoms with E-state index < -0.39 is 17.6 Å². The monoisotopic (exact) mass is 397 g/mol. The van der Waals surface area contributed by atoms with Gasteiger partial charge in [0.15, 0.2) is 0 Å². The number of cyclic esters (lactones) is 1. The van der Waals surface area contributed by atoms with Crippen molar-refractivity contribution < 1.29 is 19.1 Å². The van der Waals surface area contributed by atoms with Crippen LogP contribution in [0.5, 0.6) is 0 Å². The topological polar surface area (TPSA) is 96.5 Å². The second kappa shape index (κ2) is 10.7. The van der Waals surface area contributed by atoms with Crippen LogP contribution in [-0.4, -0.2) is 42.6 Å². The molecule has 0 aliphatic carbocycles. The van der Waals surface area contributed by atoms with Gasteiger partial charge in [-0.15, -0.1) is 0 Å². The Hall–Kier alpha value is -1.79. The number of rotatable bonds is 11. The summed E-state index contributed by atoms with van der Waals surface area (Å²) in [5.74, 6) is 0.0203. The van der Waals surface area contributed by atoms with Gasteiger partial charge in [-0.05, 0) is 24.7 Å². The molecule has 1 heterocycles. The number of nitrogens with one attached hydrogen (secondary N) is 3. The molecule has 0 aromatic heterocycles. The van der Waals surface area contributed by atoms with Gasteiger partial charge < -0.3 is 20.7 Å². The highest BCUT2D eigenvalue weighted by molar-refractivity contribution is 5.90. The molecule has 1 aliphatic heterocycles. The van der Waals surface area contributed by atoms with Gasteiger partial charge in [-0.1, -0.05) is 54.9 Å². The van der Waals surface area contributed by atoms with Crippen LogP contribution in [-0.2, 0) is 14.3 Å². The molecular weight excluding hydrogens is 358 g/mol. The predicted molar refractivity (Wildman–Crippen MR) is 110 cm³/mol. The summed E-state index contributed by atoms with van der Waals surface area (Å²) in [5, 5.41) is 8.65. The van der Waals surface area contributed by atoms with E-state index in [1.54, 1.807) is 0 Å². The van der Waals surface area contributed by atoms with E-state index in [1.807, 2.05) is 27.7 Å². The molecule has 1 fully saturated rings. The van der Waals surface area contributed by atoms with E-state index in [-0.39, 0.29) is 29.9 Å². The van der Waals surface area contributed by atoms with Crippen molar-refractivity contribution in [3.63, 3.8) is 0 Å². The second-order valence-corrected chi connectivity index (χ2v) is 9.25. The molecule has 3 N–H and O–H groups in total. The molecule has 0 bridgehead atoms. The highest BCUT2D eigenvalue weighted by Crippen LogP contribution is 2.30. The summed E-state index contributed by atoms with van der Waals surface area (Å²) < 4.78 is 5.42. The van der Waals surface area contributed by atoms with Crippen LogP contribution in [0, 0.1) is 17.3 Å². The Bertz CT molecular complexity index is 546. The summed E-state index contributed by atoms with van der Waals surface area (Å²) in [6.07, 6.45) is 2.32. The first-order valence-electron chi connectivity index (χ1n) is 10.5. The van der Waals surface area contributed by atoms with Crippen molar-refractivity contribution >= 4 is 17.9 Å². The summed E-state index contributed by atoms with van der Waals surface area (Å²) in [5.41, 5.74) is -0.775. The minimum atomic E-state index is -0.775. The van der Waals surface area contributed by atoms with Crippen LogP contribution in [0.4, 0.5) is 4.79 Å². The molecule has 0 aromatic carbocycles. The maximum Gasteiger partial charge on any atom is 0.407 e. The number of carbonyl (C=O) groups is 3. The molecule has 1 saturated heterocycles. The lowest BCUT2D eigenvalue weighted by Crippen LogP contribution is -2.53. The van der Waals surface area contributed by atoms with Crippen molar-refractivity contribution in [3.8, 4) is 0 Å². The summed E-state index contributed by atoms with van der Waals surface area (Å²) >= 11 is 0. The average molecular weight is 398 g/mol. The molecule has 1 unspecified atom stereocenters. The Balaban J connectivity index is 2.75. The van der Waals surface area contributed by atoms with Gasteiger partial charge in [-0.25, -0.2) is 4.79 Å². The number of carbonyl (C=O) groups excluding carboxylic acids is 3. The van der Waals surface area contributed by atoms with Crippen LogP contribution < -0.4 is 16.0 Å². The Morgan fingerprint density at radius 3 is 2.39 bits per heavy atom. The van der Waals surface area contributed by atoms with Crippen molar-refractivity contribution in [2.75, 3.05) is 6.54 Å². The molecule has 0 radical (unpaired) electrons. The number of unbranched alkanes of at least 4 members (excludes halogenated alkanes) is 1. The third-order valence-corrected chi connectivity index (χ3v) is 5.13. The minimum Gasteiger partial charge on any atom is -0.444 e. The Morgan fingerprint density at radius 1 is 1.21 bits per heavy atom. The number of hydrogen-bond acceptors (Lipinski definition) is 4. The quantitative estimate of drug-likeness (QED) is 0.467. The first kappa shape index (κ1) is 24.2. The maximum atomic E-state index is 13.0. The smallest absolute Gasteiger partial charge is 0.407 e. The molecule has 7 nitrogen and oxygen atoms in total. The Labute approximate surface area is 169 Å². The van der Waals surface area contributed by atoms with Crippen LogP contribution >= 0.6 is 0 Å². The largest absolute Gasteiger partial charge is 0.444 e. The van der Waals surface area contributed by atoms with Crippen LogP contribution in [0.3, 0.4) is 0 Å². The van der Waals surface area contributed by atoms with Gasteiger partial charge >= 0.3 is 6.09 Å². The molecule has 7 heteroatoms. The molecule has 0 aromatic rings. The highest BCUT2D eigenvalue weighted by atomic mass is 16.6. The summed E-state index contributed by atoms with van der Waals surface area (Å²) in [6.45, 7) is 14.3. The minimum absolute atomic E-state index is 0.0268. The predicted octanol–water partition coefficient (Wildman–Crippen LogP) is 2.98. The maximum absolute atomic E-state index is 13.0. The third-order valence-electron chi connectivity index (χ3n) is 5.13. The van der Waals surface area contributed by atoms with Crippen molar-refractivity contribution in [2.45, 2.75) is 92.3 Å². The van der Waals surface area contributed by atoms with Crippen LogP contribution in [0.15, 0.2) is 0 Å². The molecule has 0 spiro atoms. The zero-order valence-corrected chi connectivity index (χ0v) is 18.6.